The van der Waals surface area contributed by atoms with E-state index >= 15 is 0 Å². The number of carboxylic acid groups (broad SMARTS) is 1. The Bertz CT molecular complexity index is 841. The highest BCUT2D eigenvalue weighted by molar-refractivity contribution is 5.94. The SMILES string of the molecule is CCOc1cc(C(=O)N(C)Cc2ccc(F)c(F)c2)ccc1OCC(=O)O. The topological polar surface area (TPSA) is 76.1 Å². The maximum atomic E-state index is 13.3. The van der Waals surface area contributed by atoms with Crippen LogP contribution >= 0.6 is 0 Å². The van der Waals surface area contributed by atoms with Gasteiger partial charge in [0.2, 0.25) is 0 Å². The van der Waals surface area contributed by atoms with Gasteiger partial charge in [-0.15, -0.1) is 0 Å². The molecule has 0 aliphatic carbocycles. The first-order valence-corrected chi connectivity index (χ1v) is 8.12. The Morgan fingerprint density at radius 3 is 2.41 bits per heavy atom. The Morgan fingerprint density at radius 1 is 1.04 bits per heavy atom. The van der Waals surface area contributed by atoms with Crippen molar-refractivity contribution in [2.24, 2.45) is 0 Å². The van der Waals surface area contributed by atoms with E-state index in [4.69, 9.17) is 14.6 Å². The van der Waals surface area contributed by atoms with Gasteiger partial charge in [0.25, 0.3) is 5.91 Å². The molecule has 144 valence electrons. The molecule has 27 heavy (non-hydrogen) atoms. The van der Waals surface area contributed by atoms with Crippen LogP contribution in [0.25, 0.3) is 0 Å². The molecule has 0 unspecified atom stereocenters. The van der Waals surface area contributed by atoms with Crippen molar-refractivity contribution in [3.63, 3.8) is 0 Å². The number of benzene rings is 2. The molecule has 0 radical (unpaired) electrons. The maximum Gasteiger partial charge on any atom is 0.341 e. The number of hydrogen-bond donors (Lipinski definition) is 1. The van der Waals surface area contributed by atoms with Crippen molar-refractivity contribution in [2.75, 3.05) is 20.3 Å². The number of ether oxygens (including phenoxy) is 2. The number of carbonyl (C=O) groups excluding carboxylic acids is 1. The molecule has 1 N–H and O–H groups in total. The van der Waals surface area contributed by atoms with Crippen LogP contribution in [0.4, 0.5) is 8.78 Å². The van der Waals surface area contributed by atoms with Crippen LogP contribution in [0.15, 0.2) is 36.4 Å². The van der Waals surface area contributed by atoms with E-state index in [9.17, 15) is 18.4 Å². The average molecular weight is 379 g/mol. The van der Waals surface area contributed by atoms with Crippen LogP contribution in [0.2, 0.25) is 0 Å². The molecule has 2 aromatic carbocycles. The minimum Gasteiger partial charge on any atom is -0.490 e. The lowest BCUT2D eigenvalue weighted by atomic mass is 10.1. The second kappa shape index (κ2) is 8.98. The number of hydrogen-bond acceptors (Lipinski definition) is 4. The van der Waals surface area contributed by atoms with Crippen molar-refractivity contribution in [2.45, 2.75) is 13.5 Å². The highest BCUT2D eigenvalue weighted by atomic mass is 19.2. The van der Waals surface area contributed by atoms with E-state index in [2.05, 4.69) is 0 Å². The van der Waals surface area contributed by atoms with Crippen LogP contribution in [0.1, 0.15) is 22.8 Å². The summed E-state index contributed by atoms with van der Waals surface area (Å²) in [5.74, 6) is -2.99. The lowest BCUT2D eigenvalue weighted by Crippen LogP contribution is -2.26. The first kappa shape index (κ1) is 20.2. The predicted molar refractivity (Wildman–Crippen MR) is 92.9 cm³/mol. The van der Waals surface area contributed by atoms with Crippen molar-refractivity contribution in [1.82, 2.24) is 4.90 Å². The van der Waals surface area contributed by atoms with Gasteiger partial charge < -0.3 is 19.5 Å². The molecule has 0 bridgehead atoms. The molecule has 0 atom stereocenters. The summed E-state index contributed by atoms with van der Waals surface area (Å²) in [5.41, 5.74) is 0.724. The molecule has 0 fully saturated rings. The second-order valence-corrected chi connectivity index (χ2v) is 5.69. The first-order chi connectivity index (χ1) is 12.8. The van der Waals surface area contributed by atoms with Crippen LogP contribution < -0.4 is 9.47 Å². The molecule has 0 saturated heterocycles. The Kier molecular flexibility index (Phi) is 6.70. The number of aliphatic carboxylic acids is 1. The van der Waals surface area contributed by atoms with E-state index in [1.165, 1.54) is 36.2 Å². The quantitative estimate of drug-likeness (QED) is 0.763. The fraction of sp³-hybridized carbons (Fsp3) is 0.263. The largest absolute Gasteiger partial charge is 0.490 e. The summed E-state index contributed by atoms with van der Waals surface area (Å²) in [4.78, 5) is 24.6. The number of halogens is 2. The fourth-order valence-corrected chi connectivity index (χ4v) is 2.37. The van der Waals surface area contributed by atoms with Gasteiger partial charge in [0.1, 0.15) is 0 Å². The zero-order valence-electron chi connectivity index (χ0n) is 14.9. The number of rotatable bonds is 8. The molecule has 8 heteroatoms. The lowest BCUT2D eigenvalue weighted by Gasteiger charge is -2.19. The summed E-state index contributed by atoms with van der Waals surface area (Å²) in [6.07, 6.45) is 0. The minimum atomic E-state index is -1.14. The Labute approximate surface area is 154 Å². The summed E-state index contributed by atoms with van der Waals surface area (Å²) >= 11 is 0. The third-order valence-electron chi connectivity index (χ3n) is 3.59. The molecule has 0 saturated carbocycles. The average Bonchev–Trinajstić information content (AvgIpc) is 2.63. The molecule has 0 aromatic heterocycles. The van der Waals surface area contributed by atoms with Crippen LogP contribution in [0.3, 0.4) is 0 Å². The molecule has 0 aliphatic rings. The molecule has 0 aliphatic heterocycles. The fourth-order valence-electron chi connectivity index (χ4n) is 2.37. The lowest BCUT2D eigenvalue weighted by molar-refractivity contribution is -0.139. The highest BCUT2D eigenvalue weighted by Crippen LogP contribution is 2.29. The minimum absolute atomic E-state index is 0.0806. The van der Waals surface area contributed by atoms with Crippen molar-refractivity contribution >= 4 is 11.9 Å². The van der Waals surface area contributed by atoms with Gasteiger partial charge >= 0.3 is 5.97 Å². The van der Waals surface area contributed by atoms with E-state index < -0.39 is 24.2 Å². The van der Waals surface area contributed by atoms with Crippen LogP contribution in [-0.4, -0.2) is 42.1 Å². The molecule has 0 spiro atoms. The van der Waals surface area contributed by atoms with Crippen molar-refractivity contribution in [1.29, 1.82) is 0 Å². The Balaban J connectivity index is 2.17. The van der Waals surface area contributed by atoms with Crippen molar-refractivity contribution < 1.29 is 33.0 Å². The third-order valence-corrected chi connectivity index (χ3v) is 3.59. The molecular weight excluding hydrogens is 360 g/mol. The smallest absolute Gasteiger partial charge is 0.341 e. The summed E-state index contributed by atoms with van der Waals surface area (Å²) < 4.78 is 36.9. The van der Waals surface area contributed by atoms with Gasteiger partial charge in [0.15, 0.2) is 29.7 Å². The Hall–Kier alpha value is -3.16. The van der Waals surface area contributed by atoms with Gasteiger partial charge in [0, 0.05) is 19.2 Å². The number of nitrogens with zero attached hydrogens (tertiary/aromatic N) is 1. The third kappa shape index (κ3) is 5.40. The summed E-state index contributed by atoms with van der Waals surface area (Å²) in [6.45, 7) is 1.58. The van der Waals surface area contributed by atoms with Gasteiger partial charge in [-0.3, -0.25) is 4.79 Å². The van der Waals surface area contributed by atoms with Gasteiger partial charge in [-0.25, -0.2) is 13.6 Å². The highest BCUT2D eigenvalue weighted by Gasteiger charge is 2.16. The van der Waals surface area contributed by atoms with Crippen molar-refractivity contribution in [3.05, 3.63) is 59.2 Å². The molecule has 2 aromatic rings. The second-order valence-electron chi connectivity index (χ2n) is 5.69. The standard InChI is InChI=1S/C19H19F2NO5/c1-3-26-17-9-13(5-7-16(17)27-11-18(23)24)19(25)22(2)10-12-4-6-14(20)15(21)8-12/h4-9H,3,10-11H2,1-2H3,(H,23,24). The monoisotopic (exact) mass is 379 g/mol. The number of amides is 1. The zero-order valence-corrected chi connectivity index (χ0v) is 14.9. The molecular formula is C19H19F2NO5. The van der Waals surface area contributed by atoms with E-state index in [0.717, 1.165) is 12.1 Å². The van der Waals surface area contributed by atoms with E-state index in [0.29, 0.717) is 12.2 Å². The molecule has 6 nitrogen and oxygen atoms in total. The van der Waals surface area contributed by atoms with Gasteiger partial charge in [0.05, 0.1) is 6.61 Å². The molecule has 0 heterocycles. The summed E-state index contributed by atoms with van der Waals surface area (Å²) in [6, 6.07) is 7.82. The van der Waals surface area contributed by atoms with E-state index in [1.807, 2.05) is 0 Å². The van der Waals surface area contributed by atoms with Gasteiger partial charge in [-0.05, 0) is 42.8 Å². The normalized spacial score (nSPS) is 10.4. The summed E-state index contributed by atoms with van der Waals surface area (Å²) in [7, 11) is 1.53. The maximum absolute atomic E-state index is 13.3. The molecule has 2 rings (SSSR count). The Morgan fingerprint density at radius 2 is 1.78 bits per heavy atom. The summed E-state index contributed by atoms with van der Waals surface area (Å²) in [5, 5.41) is 8.71. The van der Waals surface area contributed by atoms with Gasteiger partial charge in [-0.1, -0.05) is 6.07 Å². The first-order valence-electron chi connectivity index (χ1n) is 8.12. The van der Waals surface area contributed by atoms with E-state index in [-0.39, 0.29) is 29.5 Å². The van der Waals surface area contributed by atoms with Crippen LogP contribution in [-0.2, 0) is 11.3 Å². The van der Waals surface area contributed by atoms with Crippen LogP contribution in [0.5, 0.6) is 11.5 Å². The number of carboxylic acids is 1. The number of carbonyl (C=O) groups is 2. The van der Waals surface area contributed by atoms with Crippen LogP contribution in [0, 0.1) is 11.6 Å². The molecule has 1 amide bonds. The zero-order chi connectivity index (χ0) is 20.0. The van der Waals surface area contributed by atoms with E-state index in [1.54, 1.807) is 6.92 Å². The van der Waals surface area contributed by atoms with Gasteiger partial charge in [-0.2, -0.15) is 0 Å². The predicted octanol–water partition coefficient (Wildman–Crippen LogP) is 3.10. The van der Waals surface area contributed by atoms with Crippen molar-refractivity contribution in [3.8, 4) is 11.5 Å².